The molecule has 2 fully saturated rings. The molecule has 3 aromatic heterocycles. The van der Waals surface area contributed by atoms with E-state index in [0.29, 0.717) is 11.9 Å². The molecule has 7 nitrogen and oxygen atoms in total. The van der Waals surface area contributed by atoms with E-state index in [1.807, 2.05) is 12.1 Å². The summed E-state index contributed by atoms with van der Waals surface area (Å²) in [7, 11) is 0. The number of hydrogen-bond acceptors (Lipinski definition) is 6. The first-order chi connectivity index (χ1) is 16.9. The zero-order valence-corrected chi connectivity index (χ0v) is 19.4. The summed E-state index contributed by atoms with van der Waals surface area (Å²) in [6.45, 7) is 4.44. The van der Waals surface area contributed by atoms with Gasteiger partial charge in [-0.2, -0.15) is 9.78 Å². The number of fused-ring (bicyclic) bond motifs is 5. The molecule has 0 radical (unpaired) electrons. The van der Waals surface area contributed by atoms with Crippen molar-refractivity contribution in [2.75, 3.05) is 0 Å². The van der Waals surface area contributed by atoms with Crippen LogP contribution in [0.3, 0.4) is 0 Å². The third-order valence-electron chi connectivity index (χ3n) is 8.34. The molecule has 7 rings (SSSR count). The topological polar surface area (TPSA) is 82.3 Å². The molecule has 2 bridgehead atoms. The van der Waals surface area contributed by atoms with Crippen LogP contribution >= 0.6 is 0 Å². The molecule has 0 amide bonds. The minimum Gasteiger partial charge on any atom is -0.220 e. The summed E-state index contributed by atoms with van der Waals surface area (Å²) in [5.74, 6) is 0.640. The summed E-state index contributed by atoms with van der Waals surface area (Å²) in [5, 5.41) is 13.5. The summed E-state index contributed by atoms with van der Waals surface area (Å²) < 4.78 is 30.6. The molecular formula is C26H23F2N7. The van der Waals surface area contributed by atoms with Crippen LogP contribution in [0.2, 0.25) is 0 Å². The monoisotopic (exact) mass is 471 g/mol. The normalized spacial score (nSPS) is 24.1. The van der Waals surface area contributed by atoms with Crippen molar-refractivity contribution in [3.05, 3.63) is 77.3 Å². The van der Waals surface area contributed by atoms with Gasteiger partial charge in [-0.3, -0.25) is 0 Å². The maximum atomic E-state index is 14.5. The Balaban J connectivity index is 1.36. The van der Waals surface area contributed by atoms with Gasteiger partial charge in [0, 0.05) is 12.1 Å². The molecule has 3 heterocycles. The SMILES string of the molecule is CC1(C)[C@H]2CC[C@]1(c1ccnc(-n3cnc(C4CC4)n3)n1)c1nnc(-c3c(F)cccc3F)cc12. The minimum atomic E-state index is -0.643. The van der Waals surface area contributed by atoms with Crippen LogP contribution in [0.15, 0.2) is 42.9 Å². The van der Waals surface area contributed by atoms with Gasteiger partial charge in [0.15, 0.2) is 5.82 Å². The van der Waals surface area contributed by atoms with E-state index in [2.05, 4.69) is 39.1 Å². The Morgan fingerprint density at radius 1 is 1.00 bits per heavy atom. The molecule has 2 saturated carbocycles. The van der Waals surface area contributed by atoms with Crippen LogP contribution in [0.25, 0.3) is 17.2 Å². The predicted molar refractivity (Wildman–Crippen MR) is 123 cm³/mol. The Morgan fingerprint density at radius 2 is 1.80 bits per heavy atom. The third kappa shape index (κ3) is 2.75. The lowest BCUT2D eigenvalue weighted by Crippen LogP contribution is -2.38. The molecular weight excluding hydrogens is 448 g/mol. The average Bonchev–Trinajstić information content (AvgIpc) is 3.46. The summed E-state index contributed by atoms with van der Waals surface area (Å²) in [6, 6.07) is 7.59. The molecule has 0 spiro atoms. The van der Waals surface area contributed by atoms with Crippen molar-refractivity contribution in [3.63, 3.8) is 0 Å². The molecule has 35 heavy (non-hydrogen) atoms. The zero-order valence-electron chi connectivity index (χ0n) is 19.4. The molecule has 1 aromatic carbocycles. The third-order valence-corrected chi connectivity index (χ3v) is 8.34. The second-order valence-electron chi connectivity index (χ2n) is 10.4. The number of hydrogen-bond donors (Lipinski definition) is 0. The lowest BCUT2D eigenvalue weighted by Gasteiger charge is -2.37. The van der Waals surface area contributed by atoms with Gasteiger partial charge in [-0.05, 0) is 66.8 Å². The van der Waals surface area contributed by atoms with E-state index in [4.69, 9.17) is 4.98 Å². The molecule has 176 valence electrons. The van der Waals surface area contributed by atoms with Crippen molar-refractivity contribution in [1.29, 1.82) is 0 Å². The Hall–Kier alpha value is -3.62. The quantitative estimate of drug-likeness (QED) is 0.422. The standard InChI is InChI=1S/C26H23F2N7/c1-25(2)16-8-10-26(25,20-9-11-29-24(31-20)35-13-30-23(34-35)14-6-7-14)22-15(16)12-19(32-33-22)21-17(27)4-3-5-18(21)28/h3-5,9,11-14,16H,6-8,10H2,1-2H3/t16-,26-/m0/s1. The van der Waals surface area contributed by atoms with Crippen LogP contribution in [0, 0.1) is 17.0 Å². The highest BCUT2D eigenvalue weighted by Gasteiger charge is 2.65. The first kappa shape index (κ1) is 20.7. The Morgan fingerprint density at radius 3 is 2.57 bits per heavy atom. The lowest BCUT2D eigenvalue weighted by molar-refractivity contribution is 0.242. The smallest absolute Gasteiger partial charge is 0.220 e. The molecule has 2 atom stereocenters. The van der Waals surface area contributed by atoms with Crippen LogP contribution < -0.4 is 0 Å². The molecule has 3 aliphatic rings. The largest absolute Gasteiger partial charge is 0.252 e. The van der Waals surface area contributed by atoms with E-state index < -0.39 is 17.0 Å². The van der Waals surface area contributed by atoms with E-state index in [1.165, 1.54) is 18.2 Å². The highest BCUT2D eigenvalue weighted by atomic mass is 19.1. The number of aromatic nitrogens is 7. The predicted octanol–water partition coefficient (Wildman–Crippen LogP) is 4.87. The van der Waals surface area contributed by atoms with Crippen molar-refractivity contribution in [2.45, 2.75) is 56.8 Å². The van der Waals surface area contributed by atoms with Crippen molar-refractivity contribution < 1.29 is 8.78 Å². The maximum Gasteiger partial charge on any atom is 0.252 e. The molecule has 0 N–H and O–H groups in total. The van der Waals surface area contributed by atoms with E-state index in [1.54, 1.807) is 17.2 Å². The van der Waals surface area contributed by atoms with Crippen LogP contribution in [0.4, 0.5) is 8.78 Å². The van der Waals surface area contributed by atoms with Gasteiger partial charge in [-0.25, -0.2) is 23.7 Å². The van der Waals surface area contributed by atoms with Gasteiger partial charge in [0.25, 0.3) is 5.95 Å². The van der Waals surface area contributed by atoms with Gasteiger partial charge in [0.05, 0.1) is 28.1 Å². The van der Waals surface area contributed by atoms with Crippen molar-refractivity contribution in [3.8, 4) is 17.2 Å². The van der Waals surface area contributed by atoms with Crippen LogP contribution in [0.1, 0.15) is 74.1 Å². The highest BCUT2D eigenvalue weighted by Crippen LogP contribution is 2.69. The lowest BCUT2D eigenvalue weighted by atomic mass is 9.66. The average molecular weight is 472 g/mol. The fraction of sp³-hybridized carbons (Fsp3) is 0.385. The van der Waals surface area contributed by atoms with Crippen LogP contribution in [0.5, 0.6) is 0 Å². The molecule has 3 aliphatic carbocycles. The number of nitrogens with zero attached hydrogens (tertiary/aromatic N) is 7. The Labute approximate surface area is 200 Å². The first-order valence-electron chi connectivity index (χ1n) is 12.0. The molecule has 9 heteroatoms. The summed E-state index contributed by atoms with van der Waals surface area (Å²) in [4.78, 5) is 13.8. The second kappa shape index (κ2) is 6.96. The van der Waals surface area contributed by atoms with Gasteiger partial charge in [0.1, 0.15) is 18.0 Å². The van der Waals surface area contributed by atoms with E-state index in [0.717, 1.165) is 48.5 Å². The Bertz CT molecular complexity index is 1470. The van der Waals surface area contributed by atoms with Gasteiger partial charge >= 0.3 is 0 Å². The van der Waals surface area contributed by atoms with Gasteiger partial charge in [-0.15, -0.1) is 10.2 Å². The molecule has 0 unspecified atom stereocenters. The summed E-state index contributed by atoms with van der Waals surface area (Å²) in [6.07, 6.45) is 7.46. The van der Waals surface area contributed by atoms with Crippen LogP contribution in [-0.4, -0.2) is 34.9 Å². The number of halogens is 2. The number of rotatable bonds is 4. The van der Waals surface area contributed by atoms with E-state index >= 15 is 0 Å². The van der Waals surface area contributed by atoms with Crippen molar-refractivity contribution >= 4 is 0 Å². The Kier molecular flexibility index (Phi) is 4.12. The molecule has 4 aromatic rings. The number of benzene rings is 1. The van der Waals surface area contributed by atoms with Crippen molar-refractivity contribution in [1.82, 2.24) is 34.9 Å². The summed E-state index contributed by atoms with van der Waals surface area (Å²) >= 11 is 0. The minimum absolute atomic E-state index is 0.139. The zero-order chi connectivity index (χ0) is 23.9. The molecule has 0 saturated heterocycles. The van der Waals surface area contributed by atoms with E-state index in [9.17, 15) is 8.78 Å². The van der Waals surface area contributed by atoms with Gasteiger partial charge in [-0.1, -0.05) is 19.9 Å². The second-order valence-corrected chi connectivity index (χ2v) is 10.4. The van der Waals surface area contributed by atoms with Gasteiger partial charge in [0.2, 0.25) is 0 Å². The fourth-order valence-electron chi connectivity index (χ4n) is 6.35. The van der Waals surface area contributed by atoms with Crippen molar-refractivity contribution in [2.24, 2.45) is 5.41 Å². The summed E-state index contributed by atoms with van der Waals surface area (Å²) in [5.41, 5.74) is 2.06. The fourth-order valence-corrected chi connectivity index (χ4v) is 6.35. The first-order valence-corrected chi connectivity index (χ1v) is 12.0. The maximum absolute atomic E-state index is 14.5. The highest BCUT2D eigenvalue weighted by molar-refractivity contribution is 5.64. The molecule has 0 aliphatic heterocycles. The van der Waals surface area contributed by atoms with Gasteiger partial charge < -0.3 is 0 Å². The van der Waals surface area contributed by atoms with E-state index in [-0.39, 0.29) is 22.6 Å². The van der Waals surface area contributed by atoms with Crippen LogP contribution in [-0.2, 0) is 5.41 Å².